The predicted molar refractivity (Wildman–Crippen MR) is 86.0 cm³/mol. The van der Waals surface area contributed by atoms with Gasteiger partial charge in [0, 0.05) is 25.5 Å². The van der Waals surface area contributed by atoms with Crippen LogP contribution in [0.15, 0.2) is 53.7 Å². The summed E-state index contributed by atoms with van der Waals surface area (Å²) < 4.78 is 40.2. The third-order valence-corrected chi connectivity index (χ3v) is 6.10. The van der Waals surface area contributed by atoms with Gasteiger partial charge in [-0.2, -0.15) is 4.31 Å². The fourth-order valence-corrected chi connectivity index (χ4v) is 4.47. The van der Waals surface area contributed by atoms with Crippen LogP contribution < -0.4 is 0 Å². The van der Waals surface area contributed by atoms with Crippen LogP contribution in [0.5, 0.6) is 0 Å². The van der Waals surface area contributed by atoms with E-state index in [-0.39, 0.29) is 16.6 Å². The Morgan fingerprint density at radius 3 is 2.61 bits per heavy atom. The van der Waals surface area contributed by atoms with Gasteiger partial charge in [-0.3, -0.25) is 4.98 Å². The lowest BCUT2D eigenvalue weighted by Crippen LogP contribution is -2.34. The van der Waals surface area contributed by atoms with E-state index >= 15 is 0 Å². The minimum atomic E-state index is -3.54. The van der Waals surface area contributed by atoms with Crippen LogP contribution in [-0.4, -0.2) is 30.8 Å². The summed E-state index contributed by atoms with van der Waals surface area (Å²) in [5.74, 6) is -0.188. The summed E-state index contributed by atoms with van der Waals surface area (Å²) in [6.45, 7) is 0.928. The molecule has 2 heterocycles. The van der Waals surface area contributed by atoms with E-state index in [1.807, 2.05) is 0 Å². The third-order valence-electron chi connectivity index (χ3n) is 4.25. The van der Waals surface area contributed by atoms with E-state index in [1.54, 1.807) is 30.5 Å². The van der Waals surface area contributed by atoms with E-state index in [0.29, 0.717) is 13.1 Å². The Bertz CT molecular complexity index is 748. The van der Waals surface area contributed by atoms with Crippen molar-refractivity contribution in [3.05, 3.63) is 60.2 Å². The number of nitrogens with zero attached hydrogens (tertiary/aromatic N) is 2. The maximum Gasteiger partial charge on any atom is 0.244 e. The van der Waals surface area contributed by atoms with Gasteiger partial charge in [-0.05, 0) is 48.6 Å². The van der Waals surface area contributed by atoms with Crippen molar-refractivity contribution in [2.75, 3.05) is 13.1 Å². The summed E-state index contributed by atoms with van der Waals surface area (Å²) in [5, 5.41) is 0. The lowest BCUT2D eigenvalue weighted by atomic mass is 9.95. The van der Waals surface area contributed by atoms with Crippen LogP contribution in [-0.2, 0) is 10.0 Å². The zero-order valence-corrected chi connectivity index (χ0v) is 13.5. The maximum atomic E-state index is 13.1. The molecule has 23 heavy (non-hydrogen) atoms. The third kappa shape index (κ3) is 3.59. The van der Waals surface area contributed by atoms with Crippen LogP contribution in [0.1, 0.15) is 30.7 Å². The Morgan fingerprint density at radius 2 is 1.91 bits per heavy atom. The summed E-state index contributed by atoms with van der Waals surface area (Å²) in [6, 6.07) is 9.56. The molecule has 3 rings (SSSR count). The topological polar surface area (TPSA) is 50.3 Å². The molecule has 0 aliphatic carbocycles. The highest BCUT2D eigenvalue weighted by Gasteiger charge is 2.29. The van der Waals surface area contributed by atoms with Crippen LogP contribution in [0.3, 0.4) is 0 Å². The van der Waals surface area contributed by atoms with Crippen LogP contribution >= 0.6 is 0 Å². The van der Waals surface area contributed by atoms with Gasteiger partial charge in [0.25, 0.3) is 0 Å². The zero-order valence-electron chi connectivity index (χ0n) is 12.7. The number of halogens is 1. The minimum absolute atomic E-state index is 0.0875. The van der Waals surface area contributed by atoms with Gasteiger partial charge in [-0.25, -0.2) is 12.8 Å². The summed E-state index contributed by atoms with van der Waals surface area (Å²) in [7, 11) is -3.54. The molecule has 4 nitrogen and oxygen atoms in total. The van der Waals surface area contributed by atoms with Crippen molar-refractivity contribution in [3.8, 4) is 0 Å². The quantitative estimate of drug-likeness (QED) is 0.866. The Morgan fingerprint density at radius 1 is 1.13 bits per heavy atom. The number of benzene rings is 1. The molecule has 2 aromatic rings. The first-order chi connectivity index (χ1) is 11.1. The summed E-state index contributed by atoms with van der Waals surface area (Å²) >= 11 is 0. The van der Waals surface area contributed by atoms with E-state index in [4.69, 9.17) is 0 Å². The first-order valence-corrected chi connectivity index (χ1v) is 9.17. The number of pyridine rings is 1. The second-order valence-electron chi connectivity index (χ2n) is 5.80. The standard InChI is InChI=1S/C17H19FN2O2S/c18-16-8-6-14(7-9-16)15-4-1-2-11-20(13-15)23(21,22)17-5-3-10-19-12-17/h3,5-10,12,15H,1-2,4,11,13H2/t15-/m0/s1. The molecule has 0 unspecified atom stereocenters. The summed E-state index contributed by atoms with van der Waals surface area (Å²) in [4.78, 5) is 4.13. The molecule has 6 heteroatoms. The largest absolute Gasteiger partial charge is 0.263 e. The molecule has 122 valence electrons. The van der Waals surface area contributed by atoms with Crippen molar-refractivity contribution in [2.45, 2.75) is 30.1 Å². The minimum Gasteiger partial charge on any atom is -0.263 e. The van der Waals surface area contributed by atoms with Gasteiger partial charge in [0.1, 0.15) is 10.7 Å². The normalized spacial score (nSPS) is 20.1. The maximum absolute atomic E-state index is 13.1. The molecule has 0 radical (unpaired) electrons. The van der Waals surface area contributed by atoms with Gasteiger partial charge in [0.2, 0.25) is 10.0 Å². The molecule has 0 saturated carbocycles. The predicted octanol–water partition coefficient (Wildman–Crippen LogP) is 3.18. The molecule has 1 aromatic carbocycles. The lowest BCUT2D eigenvalue weighted by Gasteiger charge is -2.24. The van der Waals surface area contributed by atoms with Crippen LogP contribution in [0.2, 0.25) is 0 Å². The molecule has 1 aliphatic heterocycles. The number of aromatic nitrogens is 1. The zero-order chi connectivity index (χ0) is 16.3. The molecule has 1 saturated heterocycles. The van der Waals surface area contributed by atoms with Gasteiger partial charge < -0.3 is 0 Å². The second-order valence-corrected chi connectivity index (χ2v) is 7.73. The summed E-state index contributed by atoms with van der Waals surface area (Å²) in [5.41, 5.74) is 0.986. The molecule has 1 aromatic heterocycles. The highest BCUT2D eigenvalue weighted by molar-refractivity contribution is 7.89. The molecule has 0 spiro atoms. The molecular formula is C17H19FN2O2S. The molecule has 1 fully saturated rings. The highest BCUT2D eigenvalue weighted by atomic mass is 32.2. The van der Waals surface area contributed by atoms with E-state index in [9.17, 15) is 12.8 Å². The fraction of sp³-hybridized carbons (Fsp3) is 0.353. The molecule has 0 N–H and O–H groups in total. The first kappa shape index (κ1) is 16.1. The SMILES string of the molecule is O=S(=O)(c1cccnc1)N1CCCC[C@H](c2ccc(F)cc2)C1. The van der Waals surface area contributed by atoms with Crippen molar-refractivity contribution >= 4 is 10.0 Å². The van der Waals surface area contributed by atoms with E-state index in [2.05, 4.69) is 4.98 Å². The molecule has 1 aliphatic rings. The molecular weight excluding hydrogens is 315 g/mol. The highest BCUT2D eigenvalue weighted by Crippen LogP contribution is 2.29. The Kier molecular flexibility index (Phi) is 4.73. The fourth-order valence-electron chi connectivity index (χ4n) is 2.98. The summed E-state index contributed by atoms with van der Waals surface area (Å²) in [6.07, 6.45) is 5.64. The lowest BCUT2D eigenvalue weighted by molar-refractivity contribution is 0.406. The van der Waals surface area contributed by atoms with Crippen LogP contribution in [0, 0.1) is 5.82 Å². The average molecular weight is 334 g/mol. The van der Waals surface area contributed by atoms with Crippen molar-refractivity contribution in [3.63, 3.8) is 0 Å². The molecule has 0 bridgehead atoms. The van der Waals surface area contributed by atoms with Gasteiger partial charge in [0.05, 0.1) is 0 Å². The number of hydrogen-bond acceptors (Lipinski definition) is 3. The Balaban J connectivity index is 1.86. The van der Waals surface area contributed by atoms with E-state index in [0.717, 1.165) is 24.8 Å². The second kappa shape index (κ2) is 6.76. The average Bonchev–Trinajstić information content (AvgIpc) is 2.83. The smallest absolute Gasteiger partial charge is 0.244 e. The van der Waals surface area contributed by atoms with Gasteiger partial charge >= 0.3 is 0 Å². The molecule has 0 amide bonds. The van der Waals surface area contributed by atoms with Gasteiger partial charge in [-0.15, -0.1) is 0 Å². The Labute approximate surface area is 136 Å². The van der Waals surface area contributed by atoms with E-state index in [1.165, 1.54) is 22.6 Å². The van der Waals surface area contributed by atoms with Crippen molar-refractivity contribution in [1.82, 2.24) is 9.29 Å². The van der Waals surface area contributed by atoms with Crippen molar-refractivity contribution < 1.29 is 12.8 Å². The first-order valence-electron chi connectivity index (χ1n) is 7.73. The van der Waals surface area contributed by atoms with Crippen LogP contribution in [0.25, 0.3) is 0 Å². The van der Waals surface area contributed by atoms with E-state index < -0.39 is 10.0 Å². The number of sulfonamides is 1. The number of rotatable bonds is 3. The monoisotopic (exact) mass is 334 g/mol. The van der Waals surface area contributed by atoms with Crippen molar-refractivity contribution in [1.29, 1.82) is 0 Å². The van der Waals surface area contributed by atoms with Crippen molar-refractivity contribution in [2.24, 2.45) is 0 Å². The van der Waals surface area contributed by atoms with Gasteiger partial charge in [0.15, 0.2) is 0 Å². The Hall–Kier alpha value is -1.79. The molecule has 1 atom stereocenters. The number of hydrogen-bond donors (Lipinski definition) is 0. The van der Waals surface area contributed by atoms with Crippen LogP contribution in [0.4, 0.5) is 4.39 Å². The van der Waals surface area contributed by atoms with Gasteiger partial charge in [-0.1, -0.05) is 18.6 Å².